The third-order valence-corrected chi connectivity index (χ3v) is 8.52. The summed E-state index contributed by atoms with van der Waals surface area (Å²) in [4.78, 5) is 19.1. The molecule has 1 aliphatic carbocycles. The second-order valence-corrected chi connectivity index (χ2v) is 11.7. The van der Waals surface area contributed by atoms with Gasteiger partial charge >= 0.3 is 0 Å². The van der Waals surface area contributed by atoms with E-state index in [0.717, 1.165) is 11.8 Å². The van der Waals surface area contributed by atoms with Crippen molar-refractivity contribution in [3.8, 4) is 0 Å². The van der Waals surface area contributed by atoms with E-state index >= 15 is 0 Å². The van der Waals surface area contributed by atoms with Crippen LogP contribution in [0.1, 0.15) is 49.4 Å². The Morgan fingerprint density at radius 1 is 1.03 bits per heavy atom. The number of aliphatic hydroxyl groups is 1. The van der Waals surface area contributed by atoms with Gasteiger partial charge in [-0.2, -0.15) is 0 Å². The van der Waals surface area contributed by atoms with E-state index in [9.17, 15) is 18.3 Å². The van der Waals surface area contributed by atoms with E-state index in [1.54, 1.807) is 47.5 Å². The quantitative estimate of drug-likeness (QED) is 0.552. The molecule has 0 atom stereocenters. The lowest BCUT2D eigenvalue weighted by molar-refractivity contribution is -0.0355. The van der Waals surface area contributed by atoms with E-state index in [2.05, 4.69) is 16.6 Å². The molecule has 2 heterocycles. The normalized spacial score (nSPS) is 19.1. The number of nitrogens with one attached hydrogen (secondary N) is 1. The van der Waals surface area contributed by atoms with Crippen LogP contribution < -0.4 is 4.72 Å². The summed E-state index contributed by atoms with van der Waals surface area (Å²) < 4.78 is 28.6. The Kier molecular flexibility index (Phi) is 5.61. The molecule has 0 bridgehead atoms. The topological polar surface area (TPSA) is 99.6 Å². The average Bonchev–Trinajstić information content (AvgIpc) is 3.54. The van der Waals surface area contributed by atoms with Gasteiger partial charge < -0.3 is 10.0 Å². The highest BCUT2D eigenvalue weighted by Gasteiger charge is 2.46. The molecule has 2 N–H and O–H groups in total. The molecule has 1 aromatic heterocycles. The number of anilines is 1. The molecule has 2 aromatic carbocycles. The van der Waals surface area contributed by atoms with Crippen molar-refractivity contribution >= 4 is 32.5 Å². The summed E-state index contributed by atoms with van der Waals surface area (Å²) in [6.07, 6.45) is 5.89. The van der Waals surface area contributed by atoms with Gasteiger partial charge in [0.05, 0.1) is 11.1 Å². The molecule has 0 radical (unpaired) electrons. The molecule has 3 aromatic rings. The number of piperidine rings is 1. The number of fused-ring (bicyclic) bond motifs is 1. The number of benzene rings is 2. The number of pyridine rings is 1. The van der Waals surface area contributed by atoms with Crippen LogP contribution in [0.2, 0.25) is 0 Å². The Morgan fingerprint density at radius 3 is 2.38 bits per heavy atom. The number of para-hydroxylation sites is 1. The summed E-state index contributed by atoms with van der Waals surface area (Å²) in [6.45, 7) is 3.26. The number of nitrogens with zero attached hydrogens (tertiary/aromatic N) is 2. The Hall–Kier alpha value is -2.97. The maximum Gasteiger partial charge on any atom is 0.264 e. The Morgan fingerprint density at radius 2 is 1.71 bits per heavy atom. The molecule has 1 aliphatic heterocycles. The lowest BCUT2D eigenvalue weighted by Gasteiger charge is -2.39. The SMILES string of the molecule is CC1(CC2(O)CCN(C(=O)c3ccc(NS(=O)(=O)c4cccc5cccnc45)cc3)CC2)CC1. The van der Waals surface area contributed by atoms with Crippen molar-refractivity contribution < 1.29 is 18.3 Å². The van der Waals surface area contributed by atoms with Gasteiger partial charge in [0, 0.05) is 35.9 Å². The molecular formula is C26H29N3O4S. The first kappa shape index (κ1) is 22.8. The molecule has 1 saturated heterocycles. The second-order valence-electron chi connectivity index (χ2n) is 10.0. The Labute approximate surface area is 199 Å². The fourth-order valence-corrected chi connectivity index (χ4v) is 6.09. The molecule has 2 fully saturated rings. The maximum atomic E-state index is 13.0. The van der Waals surface area contributed by atoms with Gasteiger partial charge in [-0.1, -0.05) is 25.1 Å². The van der Waals surface area contributed by atoms with Crippen LogP contribution in [0.25, 0.3) is 10.9 Å². The average molecular weight is 480 g/mol. The summed E-state index contributed by atoms with van der Waals surface area (Å²) in [6, 6.07) is 15.1. The molecular weight excluding hydrogens is 450 g/mol. The van der Waals surface area contributed by atoms with Gasteiger partial charge in [-0.15, -0.1) is 0 Å². The van der Waals surface area contributed by atoms with Gasteiger partial charge in [0.1, 0.15) is 4.90 Å². The Bertz CT molecular complexity index is 1320. The highest BCUT2D eigenvalue weighted by atomic mass is 32.2. The smallest absolute Gasteiger partial charge is 0.264 e. The van der Waals surface area contributed by atoms with E-state index < -0.39 is 15.6 Å². The highest BCUT2D eigenvalue weighted by Crippen LogP contribution is 2.52. The van der Waals surface area contributed by atoms with Crippen molar-refractivity contribution in [1.29, 1.82) is 0 Å². The molecule has 0 spiro atoms. The maximum absolute atomic E-state index is 13.0. The fraction of sp³-hybridized carbons (Fsp3) is 0.385. The summed E-state index contributed by atoms with van der Waals surface area (Å²) in [5, 5.41) is 11.7. The van der Waals surface area contributed by atoms with Gasteiger partial charge in [-0.3, -0.25) is 14.5 Å². The number of rotatable bonds is 6. The predicted octanol–water partition coefficient (Wildman–Crippen LogP) is 4.19. The molecule has 0 unspecified atom stereocenters. The van der Waals surface area contributed by atoms with Gasteiger partial charge in [0.25, 0.3) is 15.9 Å². The Balaban J connectivity index is 1.25. The van der Waals surface area contributed by atoms with Crippen LogP contribution in [0, 0.1) is 5.41 Å². The van der Waals surface area contributed by atoms with Crippen LogP contribution in [0.15, 0.2) is 65.7 Å². The first-order valence-corrected chi connectivity index (χ1v) is 13.1. The van der Waals surface area contributed by atoms with Crippen molar-refractivity contribution in [1.82, 2.24) is 9.88 Å². The van der Waals surface area contributed by atoms with E-state index in [4.69, 9.17) is 0 Å². The van der Waals surface area contributed by atoms with Gasteiger partial charge in [-0.25, -0.2) is 8.42 Å². The number of hydrogen-bond donors (Lipinski definition) is 2. The van der Waals surface area contributed by atoms with Crippen LogP contribution in [-0.4, -0.2) is 48.0 Å². The van der Waals surface area contributed by atoms with Gasteiger partial charge in [-0.05, 0) is 73.9 Å². The predicted molar refractivity (Wildman–Crippen MR) is 131 cm³/mol. The van der Waals surface area contributed by atoms with Crippen molar-refractivity contribution in [2.75, 3.05) is 17.8 Å². The second kappa shape index (κ2) is 8.36. The van der Waals surface area contributed by atoms with Crippen LogP contribution in [0.3, 0.4) is 0 Å². The summed E-state index contributed by atoms with van der Waals surface area (Å²) in [7, 11) is -3.85. The minimum absolute atomic E-state index is 0.103. The number of aromatic nitrogens is 1. The number of likely N-dealkylation sites (tertiary alicyclic amines) is 1. The molecule has 5 rings (SSSR count). The third-order valence-electron chi connectivity index (χ3n) is 7.11. The molecule has 178 valence electrons. The third kappa shape index (κ3) is 4.65. The summed E-state index contributed by atoms with van der Waals surface area (Å²) in [5.41, 5.74) is 0.863. The van der Waals surface area contributed by atoms with E-state index in [0.29, 0.717) is 42.7 Å². The number of amides is 1. The van der Waals surface area contributed by atoms with Crippen molar-refractivity contribution in [3.05, 3.63) is 66.4 Å². The van der Waals surface area contributed by atoms with E-state index in [-0.39, 0.29) is 16.2 Å². The zero-order valence-electron chi connectivity index (χ0n) is 19.2. The lowest BCUT2D eigenvalue weighted by Crippen LogP contribution is -2.47. The van der Waals surface area contributed by atoms with Crippen LogP contribution in [0.4, 0.5) is 5.69 Å². The molecule has 1 saturated carbocycles. The monoisotopic (exact) mass is 479 g/mol. The fourth-order valence-electron chi connectivity index (χ4n) is 4.85. The lowest BCUT2D eigenvalue weighted by atomic mass is 9.82. The molecule has 34 heavy (non-hydrogen) atoms. The minimum Gasteiger partial charge on any atom is -0.390 e. The minimum atomic E-state index is -3.85. The van der Waals surface area contributed by atoms with Crippen LogP contribution in [-0.2, 0) is 10.0 Å². The molecule has 1 amide bonds. The van der Waals surface area contributed by atoms with Crippen molar-refractivity contribution in [2.45, 2.75) is 49.5 Å². The van der Waals surface area contributed by atoms with Crippen LogP contribution >= 0.6 is 0 Å². The molecule has 8 heteroatoms. The largest absolute Gasteiger partial charge is 0.390 e. The number of hydrogen-bond acceptors (Lipinski definition) is 5. The zero-order valence-corrected chi connectivity index (χ0v) is 20.0. The molecule has 2 aliphatic rings. The first-order valence-electron chi connectivity index (χ1n) is 11.6. The van der Waals surface area contributed by atoms with Gasteiger partial charge in [0.15, 0.2) is 0 Å². The number of carbonyl (C=O) groups excluding carboxylic acids is 1. The van der Waals surface area contributed by atoms with Crippen LogP contribution in [0.5, 0.6) is 0 Å². The highest BCUT2D eigenvalue weighted by molar-refractivity contribution is 7.93. The standard InChI is InChI=1S/C26H29N3O4S/c1-25(11-12-25)18-26(31)13-16-29(17-14-26)24(30)20-7-9-21(10-8-20)28-34(32,33)22-6-2-4-19-5-3-15-27-23(19)22/h2-10,15,28,31H,11-14,16-18H2,1H3. The van der Waals surface area contributed by atoms with Crippen molar-refractivity contribution in [2.24, 2.45) is 5.41 Å². The first-order chi connectivity index (χ1) is 16.2. The number of carbonyl (C=O) groups is 1. The summed E-state index contributed by atoms with van der Waals surface area (Å²) >= 11 is 0. The van der Waals surface area contributed by atoms with E-state index in [1.165, 1.54) is 18.9 Å². The zero-order chi connectivity index (χ0) is 24.0. The molecule has 7 nitrogen and oxygen atoms in total. The van der Waals surface area contributed by atoms with Gasteiger partial charge in [0.2, 0.25) is 0 Å². The summed E-state index contributed by atoms with van der Waals surface area (Å²) in [5.74, 6) is -0.104. The van der Waals surface area contributed by atoms with E-state index in [1.807, 2.05) is 12.1 Å². The number of sulfonamides is 1. The van der Waals surface area contributed by atoms with Crippen molar-refractivity contribution in [3.63, 3.8) is 0 Å².